The van der Waals surface area contributed by atoms with Gasteiger partial charge >= 0.3 is 0 Å². The highest BCUT2D eigenvalue weighted by Gasteiger charge is 2.13. The second-order valence-corrected chi connectivity index (χ2v) is 14.1. The van der Waals surface area contributed by atoms with Gasteiger partial charge in [-0.25, -0.2) is 15.0 Å². The van der Waals surface area contributed by atoms with Crippen molar-refractivity contribution in [2.45, 2.75) is 0 Å². The first-order chi connectivity index (χ1) is 27.7. The molecular weight excluding hydrogens is 679 g/mol. The van der Waals surface area contributed by atoms with Crippen LogP contribution in [0.25, 0.3) is 100 Å². The summed E-state index contributed by atoms with van der Waals surface area (Å²) in [6, 6.07) is 75.0. The smallest absolute Gasteiger partial charge is 0.164 e. The molecule has 0 atom stereocenters. The molecular formula is C53H35N3. The standard InChI is InChI=1S/C53H35N3/c1-3-13-38(14-4-1)51-54-52(39-15-5-2-6-16-39)56-53(55-51)40-25-22-37(23-26-40)42-18-11-19-43(32-42)44-27-28-46-35-48(31-29-45(46)33-44)50-21-10-9-20-49(50)47-30-24-36-12-7-8-17-41(36)34-47/h1-35H. The molecule has 0 spiro atoms. The van der Waals surface area contributed by atoms with E-state index in [-0.39, 0.29) is 0 Å². The van der Waals surface area contributed by atoms with Gasteiger partial charge < -0.3 is 0 Å². The van der Waals surface area contributed by atoms with Crippen molar-refractivity contribution >= 4 is 21.5 Å². The van der Waals surface area contributed by atoms with Crippen molar-refractivity contribution in [1.29, 1.82) is 0 Å². The number of nitrogens with zero attached hydrogens (tertiary/aromatic N) is 3. The minimum absolute atomic E-state index is 0.648. The zero-order chi connectivity index (χ0) is 37.3. The minimum atomic E-state index is 0.648. The van der Waals surface area contributed by atoms with Crippen LogP contribution in [0.5, 0.6) is 0 Å². The van der Waals surface area contributed by atoms with Gasteiger partial charge in [0.2, 0.25) is 0 Å². The molecule has 0 amide bonds. The van der Waals surface area contributed by atoms with Gasteiger partial charge in [0, 0.05) is 16.7 Å². The van der Waals surface area contributed by atoms with Crippen LogP contribution in [0.4, 0.5) is 0 Å². The summed E-state index contributed by atoms with van der Waals surface area (Å²) in [5.41, 5.74) is 12.4. The van der Waals surface area contributed by atoms with Gasteiger partial charge in [-0.05, 0) is 90.3 Å². The minimum Gasteiger partial charge on any atom is -0.208 e. The van der Waals surface area contributed by atoms with Gasteiger partial charge in [-0.1, -0.05) is 188 Å². The molecule has 0 bridgehead atoms. The molecule has 0 aliphatic carbocycles. The maximum atomic E-state index is 4.91. The van der Waals surface area contributed by atoms with Crippen LogP contribution in [0.1, 0.15) is 0 Å². The van der Waals surface area contributed by atoms with Crippen molar-refractivity contribution < 1.29 is 0 Å². The Morgan fingerprint density at radius 1 is 0.196 bits per heavy atom. The van der Waals surface area contributed by atoms with Crippen LogP contribution < -0.4 is 0 Å². The summed E-state index contributed by atoms with van der Waals surface area (Å²) in [6.45, 7) is 0. The lowest BCUT2D eigenvalue weighted by molar-refractivity contribution is 1.07. The number of aromatic nitrogens is 3. The van der Waals surface area contributed by atoms with Crippen molar-refractivity contribution in [3.8, 4) is 78.7 Å². The van der Waals surface area contributed by atoms with Crippen LogP contribution in [0.15, 0.2) is 212 Å². The highest BCUT2D eigenvalue weighted by atomic mass is 15.0. The maximum absolute atomic E-state index is 4.91. The third kappa shape index (κ3) is 6.52. The summed E-state index contributed by atoms with van der Waals surface area (Å²) >= 11 is 0. The van der Waals surface area contributed by atoms with Crippen molar-refractivity contribution in [1.82, 2.24) is 15.0 Å². The topological polar surface area (TPSA) is 38.7 Å². The zero-order valence-corrected chi connectivity index (χ0v) is 30.5. The molecule has 56 heavy (non-hydrogen) atoms. The third-order valence-corrected chi connectivity index (χ3v) is 10.5. The molecule has 3 nitrogen and oxygen atoms in total. The van der Waals surface area contributed by atoms with E-state index >= 15 is 0 Å². The van der Waals surface area contributed by atoms with Crippen LogP contribution in [0.3, 0.4) is 0 Å². The lowest BCUT2D eigenvalue weighted by Gasteiger charge is -2.13. The molecule has 0 radical (unpaired) electrons. The van der Waals surface area contributed by atoms with E-state index < -0.39 is 0 Å². The zero-order valence-electron chi connectivity index (χ0n) is 30.5. The van der Waals surface area contributed by atoms with Crippen LogP contribution in [-0.4, -0.2) is 15.0 Å². The van der Waals surface area contributed by atoms with E-state index in [9.17, 15) is 0 Å². The molecule has 3 heteroatoms. The summed E-state index contributed by atoms with van der Waals surface area (Å²) in [7, 11) is 0. The van der Waals surface area contributed by atoms with E-state index in [0.29, 0.717) is 17.5 Å². The van der Waals surface area contributed by atoms with Crippen LogP contribution >= 0.6 is 0 Å². The first kappa shape index (κ1) is 33.1. The molecule has 10 aromatic rings. The third-order valence-electron chi connectivity index (χ3n) is 10.5. The van der Waals surface area contributed by atoms with E-state index in [2.05, 4.69) is 152 Å². The molecule has 0 N–H and O–H groups in total. The first-order valence-corrected chi connectivity index (χ1v) is 18.9. The van der Waals surface area contributed by atoms with Gasteiger partial charge in [0.15, 0.2) is 17.5 Å². The van der Waals surface area contributed by atoms with Crippen LogP contribution in [0, 0.1) is 0 Å². The van der Waals surface area contributed by atoms with E-state index in [1.807, 2.05) is 60.7 Å². The average Bonchev–Trinajstić information content (AvgIpc) is 3.29. The summed E-state index contributed by atoms with van der Waals surface area (Å²) in [5.74, 6) is 1.96. The molecule has 1 aromatic heterocycles. The first-order valence-electron chi connectivity index (χ1n) is 18.9. The maximum Gasteiger partial charge on any atom is 0.164 e. The largest absolute Gasteiger partial charge is 0.208 e. The fourth-order valence-corrected chi connectivity index (χ4v) is 7.56. The monoisotopic (exact) mass is 713 g/mol. The Hall–Kier alpha value is -7.49. The highest BCUT2D eigenvalue weighted by molar-refractivity contribution is 5.95. The normalized spacial score (nSPS) is 11.2. The van der Waals surface area contributed by atoms with E-state index in [1.165, 1.54) is 54.9 Å². The number of fused-ring (bicyclic) bond motifs is 2. The summed E-state index contributed by atoms with van der Waals surface area (Å²) in [4.78, 5) is 14.7. The van der Waals surface area contributed by atoms with E-state index in [1.54, 1.807) is 0 Å². The SMILES string of the molecule is c1ccc(-c2nc(-c3ccccc3)nc(-c3ccc(-c4cccc(-c5ccc6cc(-c7ccccc7-c7ccc8ccccc8c7)ccc6c5)c4)cc3)n2)cc1. The summed E-state index contributed by atoms with van der Waals surface area (Å²) < 4.78 is 0. The predicted octanol–water partition coefficient (Wildman–Crippen LogP) is 13.8. The number of rotatable bonds is 7. The molecule has 0 aliphatic heterocycles. The average molecular weight is 714 g/mol. The van der Waals surface area contributed by atoms with Crippen molar-refractivity contribution in [3.63, 3.8) is 0 Å². The van der Waals surface area contributed by atoms with Crippen molar-refractivity contribution in [3.05, 3.63) is 212 Å². The fraction of sp³-hybridized carbons (Fsp3) is 0. The number of hydrogen-bond donors (Lipinski definition) is 0. The Morgan fingerprint density at radius 3 is 1.11 bits per heavy atom. The molecule has 0 saturated carbocycles. The summed E-state index contributed by atoms with van der Waals surface area (Å²) in [5, 5.41) is 4.94. The van der Waals surface area contributed by atoms with Gasteiger partial charge in [-0.3, -0.25) is 0 Å². The molecule has 10 rings (SSSR count). The number of benzene rings is 9. The van der Waals surface area contributed by atoms with Gasteiger partial charge in [0.1, 0.15) is 0 Å². The Morgan fingerprint density at radius 2 is 0.536 bits per heavy atom. The lowest BCUT2D eigenvalue weighted by Crippen LogP contribution is -2.00. The van der Waals surface area contributed by atoms with Gasteiger partial charge in [-0.15, -0.1) is 0 Å². The molecule has 262 valence electrons. The summed E-state index contributed by atoms with van der Waals surface area (Å²) in [6.07, 6.45) is 0. The molecule has 0 unspecified atom stereocenters. The number of hydrogen-bond acceptors (Lipinski definition) is 3. The van der Waals surface area contributed by atoms with E-state index in [4.69, 9.17) is 15.0 Å². The molecule has 0 fully saturated rings. The van der Waals surface area contributed by atoms with Crippen LogP contribution in [0.2, 0.25) is 0 Å². The molecule has 9 aromatic carbocycles. The second-order valence-electron chi connectivity index (χ2n) is 14.1. The second kappa shape index (κ2) is 14.4. The van der Waals surface area contributed by atoms with Crippen molar-refractivity contribution in [2.24, 2.45) is 0 Å². The van der Waals surface area contributed by atoms with E-state index in [0.717, 1.165) is 27.8 Å². The lowest BCUT2D eigenvalue weighted by atomic mass is 9.91. The van der Waals surface area contributed by atoms with Gasteiger partial charge in [-0.2, -0.15) is 0 Å². The predicted molar refractivity (Wildman–Crippen MR) is 233 cm³/mol. The Bertz CT molecular complexity index is 2950. The van der Waals surface area contributed by atoms with Crippen molar-refractivity contribution in [2.75, 3.05) is 0 Å². The Kier molecular flexibility index (Phi) is 8.51. The molecule has 0 saturated heterocycles. The fourth-order valence-electron chi connectivity index (χ4n) is 7.56. The van der Waals surface area contributed by atoms with Crippen LogP contribution in [-0.2, 0) is 0 Å². The highest BCUT2D eigenvalue weighted by Crippen LogP contribution is 2.36. The van der Waals surface area contributed by atoms with Gasteiger partial charge in [0.05, 0.1) is 0 Å². The Labute approximate surface area is 326 Å². The Balaban J connectivity index is 0.937. The molecule has 0 aliphatic rings. The quantitative estimate of drug-likeness (QED) is 0.165. The van der Waals surface area contributed by atoms with Gasteiger partial charge in [0.25, 0.3) is 0 Å². The molecule has 1 heterocycles.